The van der Waals surface area contributed by atoms with Crippen molar-refractivity contribution < 1.29 is 4.79 Å². The van der Waals surface area contributed by atoms with Crippen molar-refractivity contribution in [3.63, 3.8) is 0 Å². The highest BCUT2D eigenvalue weighted by molar-refractivity contribution is 5.77. The van der Waals surface area contributed by atoms with Gasteiger partial charge in [-0.3, -0.25) is 4.79 Å². The fraction of sp³-hybridized carbons (Fsp3) is 0.533. The minimum Gasteiger partial charge on any atom is -0.365 e. The molecule has 1 heterocycles. The van der Waals surface area contributed by atoms with Gasteiger partial charge in [-0.15, -0.1) is 0 Å². The van der Waals surface area contributed by atoms with Crippen LogP contribution in [0, 0.1) is 6.92 Å². The molecule has 1 unspecified atom stereocenters. The van der Waals surface area contributed by atoms with E-state index in [-0.39, 0.29) is 5.78 Å². The average Bonchev–Trinajstić information content (AvgIpc) is 2.53. The zero-order valence-electron chi connectivity index (χ0n) is 11.2. The first-order chi connectivity index (χ1) is 7.99. The molecule has 0 fully saturated rings. The van der Waals surface area contributed by atoms with Gasteiger partial charge in [0.1, 0.15) is 5.78 Å². The molecule has 1 aliphatic heterocycles. The van der Waals surface area contributed by atoms with Gasteiger partial charge in [0.25, 0.3) is 0 Å². The summed E-state index contributed by atoms with van der Waals surface area (Å²) in [6.07, 6.45) is 1.67. The molecule has 1 aliphatic rings. The predicted octanol–water partition coefficient (Wildman–Crippen LogP) is 3.11. The zero-order chi connectivity index (χ0) is 12.6. The van der Waals surface area contributed by atoms with E-state index in [9.17, 15) is 4.79 Å². The summed E-state index contributed by atoms with van der Waals surface area (Å²) < 4.78 is 0. The molecule has 2 rings (SSSR count). The number of rotatable bonds is 3. The molecular weight excluding hydrogens is 210 g/mol. The quantitative estimate of drug-likeness (QED) is 0.796. The number of ketones is 1. The van der Waals surface area contributed by atoms with E-state index in [1.807, 2.05) is 0 Å². The molecule has 1 atom stereocenters. The van der Waals surface area contributed by atoms with Crippen molar-refractivity contribution in [2.75, 3.05) is 4.90 Å². The molecule has 17 heavy (non-hydrogen) atoms. The van der Waals surface area contributed by atoms with E-state index in [4.69, 9.17) is 0 Å². The normalized spacial score (nSPS) is 18.6. The Kier molecular flexibility index (Phi) is 3.23. The van der Waals surface area contributed by atoms with Crippen LogP contribution in [0.15, 0.2) is 18.2 Å². The summed E-state index contributed by atoms with van der Waals surface area (Å²) in [6.45, 7) is 8.20. The third-order valence-electron chi connectivity index (χ3n) is 3.44. The Morgan fingerprint density at radius 3 is 2.76 bits per heavy atom. The third-order valence-corrected chi connectivity index (χ3v) is 3.44. The van der Waals surface area contributed by atoms with Crippen LogP contribution in [0.5, 0.6) is 0 Å². The number of aryl methyl sites for hydroxylation is 1. The van der Waals surface area contributed by atoms with Crippen molar-refractivity contribution in [2.45, 2.75) is 52.6 Å². The van der Waals surface area contributed by atoms with Crippen LogP contribution < -0.4 is 4.90 Å². The molecule has 92 valence electrons. The molecule has 0 radical (unpaired) electrons. The molecule has 0 N–H and O–H groups in total. The van der Waals surface area contributed by atoms with Crippen LogP contribution in [-0.4, -0.2) is 17.9 Å². The number of carbonyl (C=O) groups is 1. The Labute approximate surface area is 104 Å². The summed E-state index contributed by atoms with van der Waals surface area (Å²) in [5, 5.41) is 0. The van der Waals surface area contributed by atoms with Crippen LogP contribution in [-0.2, 0) is 11.2 Å². The molecule has 0 amide bonds. The summed E-state index contributed by atoms with van der Waals surface area (Å²) in [5.74, 6) is 0.283. The topological polar surface area (TPSA) is 20.3 Å². The molecule has 1 aromatic carbocycles. The molecule has 0 saturated carbocycles. The van der Waals surface area contributed by atoms with Crippen molar-refractivity contribution in [1.29, 1.82) is 0 Å². The van der Waals surface area contributed by atoms with Gasteiger partial charge in [0.2, 0.25) is 0 Å². The Hall–Kier alpha value is -1.31. The lowest BCUT2D eigenvalue weighted by Crippen LogP contribution is -2.38. The molecule has 1 aromatic rings. The molecule has 0 spiro atoms. The number of Topliss-reactive ketones (excluding diaryl/α,β-unsaturated/α-hetero) is 1. The Morgan fingerprint density at radius 1 is 1.47 bits per heavy atom. The van der Waals surface area contributed by atoms with Gasteiger partial charge in [0.05, 0.1) is 0 Å². The predicted molar refractivity (Wildman–Crippen MR) is 71.6 cm³/mol. The number of hydrogen-bond donors (Lipinski definition) is 0. The van der Waals surface area contributed by atoms with Crippen LogP contribution in [0.25, 0.3) is 0 Å². The van der Waals surface area contributed by atoms with Gasteiger partial charge in [-0.2, -0.15) is 0 Å². The van der Waals surface area contributed by atoms with E-state index >= 15 is 0 Å². The van der Waals surface area contributed by atoms with Crippen LogP contribution in [0.4, 0.5) is 5.69 Å². The van der Waals surface area contributed by atoms with Gasteiger partial charge in [0, 0.05) is 24.2 Å². The second-order valence-electron chi connectivity index (χ2n) is 5.40. The van der Waals surface area contributed by atoms with Gasteiger partial charge in [0.15, 0.2) is 0 Å². The lowest BCUT2D eigenvalue weighted by molar-refractivity contribution is -0.117. The van der Waals surface area contributed by atoms with Gasteiger partial charge < -0.3 is 4.90 Å². The maximum atomic E-state index is 11.4. The highest BCUT2D eigenvalue weighted by Crippen LogP contribution is 2.35. The molecule has 2 nitrogen and oxygen atoms in total. The molecule has 0 bridgehead atoms. The Balaban J connectivity index is 2.33. The highest BCUT2D eigenvalue weighted by atomic mass is 16.1. The van der Waals surface area contributed by atoms with Crippen LogP contribution in [0.3, 0.4) is 0 Å². The lowest BCUT2D eigenvalue weighted by Gasteiger charge is -2.31. The summed E-state index contributed by atoms with van der Waals surface area (Å²) in [4.78, 5) is 13.8. The van der Waals surface area contributed by atoms with Crippen molar-refractivity contribution >= 4 is 11.5 Å². The number of nitrogens with zero attached hydrogens (tertiary/aromatic N) is 1. The number of fused-ring (bicyclic) bond motifs is 1. The summed E-state index contributed by atoms with van der Waals surface area (Å²) >= 11 is 0. The SMILES string of the molecule is CC(=O)CC1Cc2cc(C)ccc2N1C(C)C. The van der Waals surface area contributed by atoms with Crippen molar-refractivity contribution in [1.82, 2.24) is 0 Å². The monoisotopic (exact) mass is 231 g/mol. The van der Waals surface area contributed by atoms with Crippen LogP contribution in [0.2, 0.25) is 0 Å². The van der Waals surface area contributed by atoms with Gasteiger partial charge in [-0.05, 0) is 45.7 Å². The maximum absolute atomic E-state index is 11.4. The summed E-state index contributed by atoms with van der Waals surface area (Å²) in [5.41, 5.74) is 4.01. The molecule has 2 heteroatoms. The summed E-state index contributed by atoms with van der Waals surface area (Å²) in [7, 11) is 0. The van der Waals surface area contributed by atoms with Gasteiger partial charge in [-0.25, -0.2) is 0 Å². The number of hydrogen-bond acceptors (Lipinski definition) is 2. The zero-order valence-corrected chi connectivity index (χ0v) is 11.2. The molecule has 0 aromatic heterocycles. The number of carbonyl (C=O) groups excluding carboxylic acids is 1. The van der Waals surface area contributed by atoms with Crippen LogP contribution >= 0.6 is 0 Å². The number of benzene rings is 1. The largest absolute Gasteiger partial charge is 0.365 e. The Bertz CT molecular complexity index is 437. The highest BCUT2D eigenvalue weighted by Gasteiger charge is 2.31. The van der Waals surface area contributed by atoms with E-state index in [0.29, 0.717) is 18.5 Å². The first-order valence-corrected chi connectivity index (χ1v) is 6.36. The van der Waals surface area contributed by atoms with E-state index in [1.165, 1.54) is 16.8 Å². The van der Waals surface area contributed by atoms with E-state index in [2.05, 4.69) is 43.9 Å². The first kappa shape index (κ1) is 12.2. The molecule has 0 aliphatic carbocycles. The average molecular weight is 231 g/mol. The maximum Gasteiger partial charge on any atom is 0.131 e. The molecular formula is C15H21NO. The fourth-order valence-corrected chi connectivity index (χ4v) is 2.88. The minimum absolute atomic E-state index is 0.283. The van der Waals surface area contributed by atoms with Crippen molar-refractivity contribution in [2.24, 2.45) is 0 Å². The van der Waals surface area contributed by atoms with Crippen molar-refractivity contribution in [3.8, 4) is 0 Å². The van der Waals surface area contributed by atoms with E-state index < -0.39 is 0 Å². The standard InChI is InChI=1S/C15H21NO/c1-10(2)16-14(8-12(4)17)9-13-7-11(3)5-6-15(13)16/h5-7,10,14H,8-9H2,1-4H3. The van der Waals surface area contributed by atoms with E-state index in [1.54, 1.807) is 6.92 Å². The molecule has 0 saturated heterocycles. The first-order valence-electron chi connectivity index (χ1n) is 6.36. The second kappa shape index (κ2) is 4.52. The van der Waals surface area contributed by atoms with Crippen LogP contribution in [0.1, 0.15) is 38.3 Å². The minimum atomic E-state index is 0.283. The summed E-state index contributed by atoms with van der Waals surface area (Å²) in [6, 6.07) is 7.41. The Morgan fingerprint density at radius 2 is 2.18 bits per heavy atom. The van der Waals surface area contributed by atoms with E-state index in [0.717, 1.165) is 6.42 Å². The number of anilines is 1. The second-order valence-corrected chi connectivity index (χ2v) is 5.40. The van der Waals surface area contributed by atoms with Gasteiger partial charge in [-0.1, -0.05) is 17.7 Å². The lowest BCUT2D eigenvalue weighted by atomic mass is 10.0. The smallest absolute Gasteiger partial charge is 0.131 e. The van der Waals surface area contributed by atoms with Crippen molar-refractivity contribution in [3.05, 3.63) is 29.3 Å². The fourth-order valence-electron chi connectivity index (χ4n) is 2.88. The third kappa shape index (κ3) is 2.36. The van der Waals surface area contributed by atoms with Gasteiger partial charge >= 0.3 is 0 Å².